The number of aromatic nitrogens is 1. The molecule has 4 rings (SSSR count). The average Bonchev–Trinajstić information content (AvgIpc) is 3.26. The van der Waals surface area contributed by atoms with E-state index >= 15 is 4.39 Å². The van der Waals surface area contributed by atoms with Gasteiger partial charge in [-0.3, -0.25) is 4.57 Å². The maximum atomic E-state index is 15.3. The molecule has 0 bridgehead atoms. The largest absolute Gasteiger partial charge is 0.391 e. The van der Waals surface area contributed by atoms with E-state index in [1.165, 1.54) is 18.9 Å². The molecular formula is C20H21F2N2O3PS. The molecule has 0 aliphatic carbocycles. The van der Waals surface area contributed by atoms with Gasteiger partial charge in [-0.05, 0) is 30.2 Å². The lowest BCUT2D eigenvalue weighted by Crippen LogP contribution is -2.20. The van der Waals surface area contributed by atoms with Gasteiger partial charge in [0, 0.05) is 41.9 Å². The molecule has 0 amide bonds. The molecule has 29 heavy (non-hydrogen) atoms. The highest BCUT2D eigenvalue weighted by Crippen LogP contribution is 2.44. The smallest absolute Gasteiger partial charge is 0.207 e. The Morgan fingerprint density at radius 1 is 1.31 bits per heavy atom. The number of fused-ring (bicyclic) bond motifs is 1. The fourth-order valence-corrected chi connectivity index (χ4v) is 5.57. The van der Waals surface area contributed by atoms with Gasteiger partial charge in [0.25, 0.3) is 0 Å². The Balaban J connectivity index is 1.70. The van der Waals surface area contributed by atoms with Crippen molar-refractivity contribution < 1.29 is 23.3 Å². The number of aliphatic hydroxyl groups excluding tert-OH is 1. The van der Waals surface area contributed by atoms with E-state index in [1.54, 1.807) is 24.3 Å². The van der Waals surface area contributed by atoms with Gasteiger partial charge in [0.1, 0.15) is 11.6 Å². The summed E-state index contributed by atoms with van der Waals surface area (Å²) in [6.07, 6.45) is 1.88. The highest BCUT2D eigenvalue weighted by molar-refractivity contribution is 8.05. The summed E-state index contributed by atoms with van der Waals surface area (Å²) in [6.45, 7) is 2.53. The molecule has 0 radical (unpaired) electrons. The van der Waals surface area contributed by atoms with E-state index in [9.17, 15) is 19.0 Å². The fourth-order valence-electron chi connectivity index (χ4n) is 3.57. The Morgan fingerprint density at radius 2 is 2.03 bits per heavy atom. The third kappa shape index (κ3) is 4.21. The predicted octanol–water partition coefficient (Wildman–Crippen LogP) is 4.63. The first-order valence-corrected chi connectivity index (χ1v) is 12.5. The minimum atomic E-state index is -3.27. The number of nitrogens with one attached hydrogen (secondary N) is 1. The molecule has 3 aromatic rings. The SMILES string of the molecule is CP(=O)(O)CSc1c[nH]c2cc(F)c(-c3ccc(N4CC[C@H](O)C4)cc3)c(F)c12. The number of benzene rings is 2. The number of aromatic amines is 1. The van der Waals surface area contributed by atoms with Crippen molar-refractivity contribution in [1.82, 2.24) is 4.98 Å². The molecule has 5 nitrogen and oxygen atoms in total. The third-order valence-electron chi connectivity index (χ3n) is 4.97. The van der Waals surface area contributed by atoms with E-state index in [1.807, 2.05) is 4.90 Å². The number of H-pyrrole nitrogens is 1. The number of β-amino-alcohol motifs (C(OH)–C–C–N with tert-alkyl or cyclic N) is 1. The normalized spacial score (nSPS) is 19.1. The highest BCUT2D eigenvalue weighted by atomic mass is 32.2. The van der Waals surface area contributed by atoms with Crippen LogP contribution in [0.3, 0.4) is 0 Å². The Hall–Kier alpha value is -1.86. The summed E-state index contributed by atoms with van der Waals surface area (Å²) in [5.41, 5.74) is 1.42. The van der Waals surface area contributed by atoms with Crippen LogP contribution in [0.4, 0.5) is 14.5 Å². The lowest BCUT2D eigenvalue weighted by atomic mass is 10.0. The molecule has 1 saturated heterocycles. The Bertz CT molecular complexity index is 1100. The summed E-state index contributed by atoms with van der Waals surface area (Å²) < 4.78 is 41.6. The van der Waals surface area contributed by atoms with Gasteiger partial charge in [0.05, 0.1) is 22.7 Å². The molecule has 2 atom stereocenters. The molecule has 1 fully saturated rings. The van der Waals surface area contributed by atoms with Crippen LogP contribution in [0.2, 0.25) is 0 Å². The first kappa shape index (κ1) is 20.4. The zero-order valence-electron chi connectivity index (χ0n) is 15.7. The van der Waals surface area contributed by atoms with Gasteiger partial charge in [0.2, 0.25) is 7.37 Å². The first-order valence-electron chi connectivity index (χ1n) is 9.17. The number of thioether (sulfide) groups is 1. The van der Waals surface area contributed by atoms with Crippen molar-refractivity contribution in [3.63, 3.8) is 0 Å². The van der Waals surface area contributed by atoms with E-state index in [0.29, 0.717) is 28.9 Å². The van der Waals surface area contributed by atoms with Crippen LogP contribution < -0.4 is 4.90 Å². The number of rotatable bonds is 5. The van der Waals surface area contributed by atoms with Crippen LogP contribution in [0.25, 0.3) is 22.0 Å². The summed E-state index contributed by atoms with van der Waals surface area (Å²) in [5.74, 6) is -1.38. The summed E-state index contributed by atoms with van der Waals surface area (Å²) in [7, 11) is -3.27. The van der Waals surface area contributed by atoms with Crippen LogP contribution in [0.1, 0.15) is 6.42 Å². The van der Waals surface area contributed by atoms with Gasteiger partial charge in [-0.25, -0.2) is 8.78 Å². The molecule has 1 aliphatic rings. The van der Waals surface area contributed by atoms with Crippen molar-refractivity contribution in [3.8, 4) is 11.1 Å². The second-order valence-electron chi connectivity index (χ2n) is 7.38. The van der Waals surface area contributed by atoms with Gasteiger partial charge in [-0.1, -0.05) is 12.1 Å². The fraction of sp³-hybridized carbons (Fsp3) is 0.300. The summed E-state index contributed by atoms with van der Waals surface area (Å²) in [5, 5.41) is 9.90. The quantitative estimate of drug-likeness (QED) is 0.400. The molecule has 3 N–H and O–H groups in total. The molecule has 1 aliphatic heterocycles. The third-order valence-corrected chi connectivity index (χ3v) is 8.03. The molecule has 2 aromatic carbocycles. The predicted molar refractivity (Wildman–Crippen MR) is 113 cm³/mol. The summed E-state index contributed by atoms with van der Waals surface area (Å²) >= 11 is 1.07. The monoisotopic (exact) mass is 438 g/mol. The average molecular weight is 438 g/mol. The number of anilines is 1. The highest BCUT2D eigenvalue weighted by Gasteiger charge is 2.23. The van der Waals surface area contributed by atoms with E-state index < -0.39 is 19.0 Å². The zero-order chi connectivity index (χ0) is 20.8. The van der Waals surface area contributed by atoms with Crippen LogP contribution in [-0.4, -0.2) is 46.3 Å². The minimum absolute atomic E-state index is 0.0531. The minimum Gasteiger partial charge on any atom is -0.391 e. The maximum Gasteiger partial charge on any atom is 0.207 e. The number of hydrogen-bond donors (Lipinski definition) is 3. The van der Waals surface area contributed by atoms with Crippen molar-refractivity contribution in [2.45, 2.75) is 17.4 Å². The Labute approximate surface area is 171 Å². The van der Waals surface area contributed by atoms with Gasteiger partial charge in [-0.15, -0.1) is 11.8 Å². The van der Waals surface area contributed by atoms with Gasteiger partial charge in [-0.2, -0.15) is 0 Å². The van der Waals surface area contributed by atoms with E-state index in [2.05, 4.69) is 4.98 Å². The lowest BCUT2D eigenvalue weighted by molar-refractivity contribution is 0.198. The Morgan fingerprint density at radius 3 is 2.66 bits per heavy atom. The number of nitrogens with zero attached hydrogens (tertiary/aromatic N) is 1. The van der Waals surface area contributed by atoms with Crippen LogP contribution in [0.5, 0.6) is 0 Å². The van der Waals surface area contributed by atoms with Crippen molar-refractivity contribution in [3.05, 3.63) is 48.2 Å². The summed E-state index contributed by atoms with van der Waals surface area (Å²) in [6, 6.07) is 8.17. The van der Waals surface area contributed by atoms with Gasteiger partial charge >= 0.3 is 0 Å². The first-order chi connectivity index (χ1) is 13.7. The van der Waals surface area contributed by atoms with Gasteiger partial charge < -0.3 is 19.9 Å². The van der Waals surface area contributed by atoms with Crippen molar-refractivity contribution in [2.75, 3.05) is 30.1 Å². The standard InChI is InChI=1S/C20H21F2N2O3PS/c1-28(26,27)11-29-17-9-23-16-8-15(21)18(20(22)19(16)17)12-2-4-13(5-3-12)24-7-6-14(25)10-24/h2-5,8-9,14,23,25H,6-7,10-11H2,1H3,(H,26,27)/t14-/m0/s1. The van der Waals surface area contributed by atoms with Crippen LogP contribution in [0, 0.1) is 11.6 Å². The van der Waals surface area contributed by atoms with Crippen molar-refractivity contribution >= 4 is 35.7 Å². The second kappa shape index (κ2) is 7.76. The van der Waals surface area contributed by atoms with Gasteiger partial charge in [0.15, 0.2) is 0 Å². The topological polar surface area (TPSA) is 76.6 Å². The number of hydrogen-bond acceptors (Lipinski definition) is 4. The van der Waals surface area contributed by atoms with Crippen molar-refractivity contribution in [2.24, 2.45) is 0 Å². The van der Waals surface area contributed by atoms with E-state index in [0.717, 1.165) is 24.0 Å². The maximum absolute atomic E-state index is 15.3. The second-order valence-corrected chi connectivity index (χ2v) is 11.2. The molecule has 154 valence electrons. The number of halogens is 2. The molecule has 2 heterocycles. The molecule has 1 unspecified atom stereocenters. The van der Waals surface area contributed by atoms with Crippen LogP contribution in [-0.2, 0) is 4.57 Å². The molecule has 9 heteroatoms. The van der Waals surface area contributed by atoms with E-state index in [4.69, 9.17) is 0 Å². The zero-order valence-corrected chi connectivity index (χ0v) is 17.4. The molecule has 0 saturated carbocycles. The summed E-state index contributed by atoms with van der Waals surface area (Å²) in [4.78, 5) is 14.9. The van der Waals surface area contributed by atoms with Crippen LogP contribution >= 0.6 is 19.1 Å². The lowest BCUT2D eigenvalue weighted by Gasteiger charge is -2.18. The van der Waals surface area contributed by atoms with E-state index in [-0.39, 0.29) is 22.5 Å². The molecular weight excluding hydrogens is 417 g/mol. The molecule has 1 aromatic heterocycles. The molecule has 0 spiro atoms. The Kier molecular flexibility index (Phi) is 5.46. The number of aliphatic hydroxyl groups is 1. The van der Waals surface area contributed by atoms with Crippen LogP contribution in [0.15, 0.2) is 41.4 Å². The van der Waals surface area contributed by atoms with Crippen molar-refractivity contribution in [1.29, 1.82) is 0 Å².